The molecule has 0 unspecified atom stereocenters. The van der Waals surface area contributed by atoms with E-state index in [0.717, 1.165) is 6.16 Å². The van der Waals surface area contributed by atoms with Crippen LogP contribution in [0.3, 0.4) is 0 Å². The molecule has 18 heavy (non-hydrogen) atoms. The monoisotopic (exact) mass is 258 g/mol. The van der Waals surface area contributed by atoms with E-state index in [4.69, 9.17) is 0 Å². The highest BCUT2D eigenvalue weighted by atomic mass is 31.1. The van der Waals surface area contributed by atoms with E-state index in [0.29, 0.717) is 5.92 Å². The van der Waals surface area contributed by atoms with E-state index in [1.807, 2.05) is 0 Å². The zero-order valence-electron chi connectivity index (χ0n) is 10.8. The van der Waals surface area contributed by atoms with Crippen LogP contribution >= 0.6 is 8.20 Å². The van der Waals surface area contributed by atoms with Crippen molar-refractivity contribution in [2.45, 2.75) is 18.5 Å². The molecule has 2 nitrogen and oxygen atoms in total. The number of hydrogen-bond donors (Lipinski definition) is 1. The molecule has 94 valence electrons. The molecule has 1 aliphatic heterocycles. The molecule has 3 rings (SSSR count). The molecule has 0 spiro atoms. The first kappa shape index (κ1) is 12.0. The summed E-state index contributed by atoms with van der Waals surface area (Å²) in [6.45, 7) is 2.40. The van der Waals surface area contributed by atoms with Crippen molar-refractivity contribution in [3.63, 3.8) is 0 Å². The fourth-order valence-electron chi connectivity index (χ4n) is 3.05. The zero-order valence-corrected chi connectivity index (χ0v) is 11.7. The quantitative estimate of drug-likeness (QED) is 0.835. The van der Waals surface area contributed by atoms with E-state index in [9.17, 15) is 0 Å². The van der Waals surface area contributed by atoms with Gasteiger partial charge in [0.05, 0.1) is 0 Å². The molecule has 1 aliphatic rings. The fraction of sp³-hybridized carbons (Fsp3) is 0.400. The van der Waals surface area contributed by atoms with Crippen LogP contribution in [0.25, 0.3) is 10.9 Å². The number of aromatic nitrogens is 1. The molecule has 1 fully saturated rings. The lowest BCUT2D eigenvalue weighted by molar-refractivity contribution is 0.412. The van der Waals surface area contributed by atoms with Crippen LogP contribution in [0.5, 0.6) is 0 Å². The van der Waals surface area contributed by atoms with Crippen molar-refractivity contribution < 1.29 is 0 Å². The van der Waals surface area contributed by atoms with Crippen molar-refractivity contribution in [1.29, 1.82) is 0 Å². The first-order chi connectivity index (χ1) is 8.79. The van der Waals surface area contributed by atoms with Crippen LogP contribution in [0, 0.1) is 0 Å². The Morgan fingerprint density at radius 2 is 2.39 bits per heavy atom. The van der Waals surface area contributed by atoms with E-state index in [2.05, 4.69) is 47.6 Å². The predicted octanol–water partition coefficient (Wildman–Crippen LogP) is 3.47. The molecule has 1 N–H and O–H groups in total. The average Bonchev–Trinajstić information content (AvgIpc) is 2.96. The maximum Gasteiger partial charge on any atom is 0.0459 e. The Hall–Kier alpha value is -1.11. The largest absolute Gasteiger partial charge is 0.361 e. The molecule has 1 aromatic carbocycles. The van der Waals surface area contributed by atoms with E-state index in [-0.39, 0.29) is 0 Å². The van der Waals surface area contributed by atoms with Crippen LogP contribution in [0.4, 0.5) is 0 Å². The fourth-order valence-corrected chi connectivity index (χ4v) is 3.56. The average molecular weight is 258 g/mol. The highest BCUT2D eigenvalue weighted by Crippen LogP contribution is 2.34. The lowest BCUT2D eigenvalue weighted by Crippen LogP contribution is -2.13. The minimum absolute atomic E-state index is 0.686. The Bertz CT molecular complexity index is 573. The van der Waals surface area contributed by atoms with Crippen molar-refractivity contribution in [2.24, 2.45) is 0 Å². The summed E-state index contributed by atoms with van der Waals surface area (Å²) in [5.74, 6) is 0.686. The maximum absolute atomic E-state index is 3.97. The maximum atomic E-state index is 3.97. The lowest BCUT2D eigenvalue weighted by atomic mass is 9.95. The molecular weight excluding hydrogens is 239 g/mol. The van der Waals surface area contributed by atoms with Gasteiger partial charge in [0.25, 0.3) is 0 Å². The van der Waals surface area contributed by atoms with Crippen LogP contribution in [-0.4, -0.2) is 36.3 Å². The highest BCUT2D eigenvalue weighted by molar-refractivity contribution is 7.35. The van der Waals surface area contributed by atoms with Gasteiger partial charge in [-0.05, 0) is 43.1 Å². The van der Waals surface area contributed by atoms with Crippen molar-refractivity contribution in [3.8, 4) is 0 Å². The molecule has 2 aromatic rings. The van der Waals surface area contributed by atoms with Gasteiger partial charge in [-0.2, -0.15) is 0 Å². The number of likely N-dealkylation sites (tertiary alicyclic amines) is 1. The molecule has 1 aromatic heterocycles. The summed E-state index contributed by atoms with van der Waals surface area (Å²) in [6, 6.07) is 6.57. The van der Waals surface area contributed by atoms with Gasteiger partial charge in [-0.15, -0.1) is 8.20 Å². The third kappa shape index (κ3) is 2.00. The third-order valence-electron chi connectivity index (χ3n) is 3.94. The minimum Gasteiger partial charge on any atom is -0.361 e. The third-order valence-corrected chi connectivity index (χ3v) is 4.50. The van der Waals surface area contributed by atoms with Gasteiger partial charge in [0.15, 0.2) is 0 Å². The van der Waals surface area contributed by atoms with Gasteiger partial charge >= 0.3 is 0 Å². The predicted molar refractivity (Wildman–Crippen MR) is 80.9 cm³/mol. The van der Waals surface area contributed by atoms with Gasteiger partial charge in [-0.1, -0.05) is 18.4 Å². The van der Waals surface area contributed by atoms with Crippen molar-refractivity contribution in [2.75, 3.05) is 20.1 Å². The van der Waals surface area contributed by atoms with Gasteiger partial charge in [0.1, 0.15) is 0 Å². The van der Waals surface area contributed by atoms with E-state index >= 15 is 0 Å². The number of rotatable bonds is 3. The molecule has 0 radical (unpaired) electrons. The second-order valence-corrected chi connectivity index (χ2v) is 5.98. The molecule has 3 heteroatoms. The molecule has 0 aliphatic carbocycles. The molecule has 2 heterocycles. The van der Waals surface area contributed by atoms with E-state index in [1.54, 1.807) is 0 Å². The zero-order chi connectivity index (χ0) is 12.5. The van der Waals surface area contributed by atoms with Crippen molar-refractivity contribution >= 4 is 25.4 Å². The Kier molecular flexibility index (Phi) is 3.23. The summed E-state index contributed by atoms with van der Waals surface area (Å²) in [5.41, 5.74) is 4.23. The summed E-state index contributed by atoms with van der Waals surface area (Å²) < 4.78 is 0. The van der Waals surface area contributed by atoms with E-state index < -0.39 is 0 Å². The van der Waals surface area contributed by atoms with Gasteiger partial charge < -0.3 is 9.88 Å². The first-order valence-electron chi connectivity index (χ1n) is 6.49. The Balaban J connectivity index is 2.09. The highest BCUT2D eigenvalue weighted by Gasteiger charge is 2.24. The van der Waals surface area contributed by atoms with Gasteiger partial charge in [0, 0.05) is 29.8 Å². The number of fused-ring (bicyclic) bond motifs is 1. The first-order valence-corrected chi connectivity index (χ1v) is 7.76. The smallest absolute Gasteiger partial charge is 0.0459 e. The Labute approximate surface area is 110 Å². The van der Waals surface area contributed by atoms with E-state index in [1.165, 1.54) is 49.7 Å². The van der Waals surface area contributed by atoms with Crippen molar-refractivity contribution in [3.05, 3.63) is 35.5 Å². The Morgan fingerprint density at radius 1 is 1.50 bits per heavy atom. The summed E-state index contributed by atoms with van der Waals surface area (Å²) >= 11 is 0. The number of benzene rings is 1. The number of likely N-dealkylation sites (N-methyl/N-ethyl adjacent to an activating group) is 1. The van der Waals surface area contributed by atoms with Gasteiger partial charge in [-0.3, -0.25) is 0 Å². The summed E-state index contributed by atoms with van der Waals surface area (Å²) in [5, 5.41) is 1.45. The van der Waals surface area contributed by atoms with Crippen LogP contribution in [-0.2, 0) is 6.16 Å². The number of H-pyrrole nitrogens is 1. The standard InChI is InChI=1S/C15H19N2P/c1-17-7-6-11(9-17)13-8-16-14-5-3-4-12(10-18-2)15(13)14/h3-5,8,11,16H,2,6-7,9-10H2,1H3/t11-/m1/s1. The Morgan fingerprint density at radius 3 is 3.11 bits per heavy atom. The number of nitrogens with one attached hydrogen (secondary N) is 1. The normalized spacial score (nSPS) is 21.1. The molecule has 0 saturated carbocycles. The van der Waals surface area contributed by atoms with Crippen molar-refractivity contribution in [1.82, 2.24) is 9.88 Å². The number of nitrogens with zero attached hydrogens (tertiary/aromatic N) is 1. The summed E-state index contributed by atoms with van der Waals surface area (Å²) in [4.78, 5) is 5.86. The molecular formula is C15H19N2P. The molecule has 0 bridgehead atoms. The number of aromatic amines is 1. The lowest BCUT2D eigenvalue weighted by Gasteiger charge is -2.11. The molecule has 1 saturated heterocycles. The topological polar surface area (TPSA) is 19.0 Å². The number of hydrogen-bond acceptors (Lipinski definition) is 1. The van der Waals surface area contributed by atoms with Crippen LogP contribution < -0.4 is 0 Å². The second-order valence-electron chi connectivity index (χ2n) is 5.21. The van der Waals surface area contributed by atoms with Gasteiger partial charge in [0.2, 0.25) is 0 Å². The summed E-state index contributed by atoms with van der Waals surface area (Å²) in [6.07, 6.45) is 8.51. The summed E-state index contributed by atoms with van der Waals surface area (Å²) in [7, 11) is 3.41. The van der Waals surface area contributed by atoms with Crippen LogP contribution in [0.15, 0.2) is 24.4 Å². The molecule has 1 atom stereocenters. The van der Waals surface area contributed by atoms with Crippen LogP contribution in [0.2, 0.25) is 0 Å². The minimum atomic E-state index is 0.686. The van der Waals surface area contributed by atoms with Crippen LogP contribution in [0.1, 0.15) is 23.5 Å². The van der Waals surface area contributed by atoms with Gasteiger partial charge in [-0.25, -0.2) is 0 Å². The molecule has 0 amide bonds. The SMILES string of the molecule is C=PCc1cccc2[nH]cc([C@@H]3CCN(C)C3)c12. The second kappa shape index (κ2) is 4.87.